The molecule has 2 aromatic heterocycles. The molecule has 0 saturated carbocycles. The number of rotatable bonds is 3. The maximum atomic E-state index is 7.02. The molecule has 1 atom stereocenters. The summed E-state index contributed by atoms with van der Waals surface area (Å²) in [6.45, 7) is 6.52. The van der Waals surface area contributed by atoms with E-state index >= 15 is 0 Å². The predicted octanol–water partition coefficient (Wildman–Crippen LogP) is 9.44. The van der Waals surface area contributed by atoms with Gasteiger partial charge in [-0.25, -0.2) is 0 Å². The van der Waals surface area contributed by atoms with Gasteiger partial charge in [-0.1, -0.05) is 97.1 Å². The number of nitrogens with zero attached hydrogens (tertiary/aromatic N) is 2. The molecule has 8 rings (SSSR count). The molecule has 0 fully saturated rings. The second-order valence-electron chi connectivity index (χ2n) is 11.3. The van der Waals surface area contributed by atoms with Crippen LogP contribution in [0.25, 0.3) is 51.5 Å². The van der Waals surface area contributed by atoms with Crippen LogP contribution in [0, 0.1) is 13.8 Å². The molecule has 0 spiro atoms. The summed E-state index contributed by atoms with van der Waals surface area (Å²) in [5, 5.41) is 2.42. The highest BCUT2D eigenvalue weighted by Crippen LogP contribution is 2.47. The lowest BCUT2D eigenvalue weighted by Gasteiger charge is -2.36. The van der Waals surface area contributed by atoms with Crippen molar-refractivity contribution < 1.29 is 9.47 Å². The zero-order chi connectivity index (χ0) is 28.4. The van der Waals surface area contributed by atoms with E-state index in [4.69, 9.17) is 9.47 Å². The maximum Gasteiger partial charge on any atom is 0.169 e. The minimum Gasteiger partial charge on any atom is -0.475 e. The molecule has 1 unspecified atom stereocenters. The third-order valence-electron chi connectivity index (χ3n) is 8.59. The first-order valence-corrected chi connectivity index (χ1v) is 14.4. The summed E-state index contributed by atoms with van der Waals surface area (Å²) in [5.41, 5.74) is 8.04. The molecular weight excluding hydrogens is 516 g/mol. The monoisotopic (exact) mass is 546 g/mol. The van der Waals surface area contributed by atoms with Crippen LogP contribution in [0.2, 0.25) is 0 Å². The van der Waals surface area contributed by atoms with Crippen LogP contribution >= 0.6 is 0 Å². The molecule has 2 aliphatic heterocycles. The molecule has 0 saturated heterocycles. The zero-order valence-electron chi connectivity index (χ0n) is 23.8. The lowest BCUT2D eigenvalue weighted by Crippen LogP contribution is -2.30. The molecule has 0 amide bonds. The van der Waals surface area contributed by atoms with Crippen molar-refractivity contribution in [3.8, 4) is 0 Å². The summed E-state index contributed by atoms with van der Waals surface area (Å²) in [5.74, 6) is 2.39. The fraction of sp³-hybridized carbons (Fsp3) is 0.105. The summed E-state index contributed by atoms with van der Waals surface area (Å²) in [6.07, 6.45) is 6.41. The molecular formula is C38H30N2O2. The quantitative estimate of drug-likeness (QED) is 0.221. The van der Waals surface area contributed by atoms with E-state index in [9.17, 15) is 0 Å². The number of aromatic nitrogens is 2. The normalized spacial score (nSPS) is 18.7. The van der Waals surface area contributed by atoms with Gasteiger partial charge in [0, 0.05) is 28.0 Å². The highest BCUT2D eigenvalue weighted by Gasteiger charge is 2.39. The van der Waals surface area contributed by atoms with Crippen molar-refractivity contribution in [2.45, 2.75) is 26.4 Å². The highest BCUT2D eigenvalue weighted by atomic mass is 16.5. The predicted molar refractivity (Wildman–Crippen MR) is 172 cm³/mol. The highest BCUT2D eigenvalue weighted by molar-refractivity contribution is 5.96. The summed E-state index contributed by atoms with van der Waals surface area (Å²) in [7, 11) is 0. The van der Waals surface area contributed by atoms with Gasteiger partial charge in [-0.05, 0) is 44.0 Å². The Morgan fingerprint density at radius 1 is 0.595 bits per heavy atom. The van der Waals surface area contributed by atoms with E-state index in [0.29, 0.717) is 0 Å². The van der Waals surface area contributed by atoms with Crippen molar-refractivity contribution in [1.82, 2.24) is 9.13 Å². The van der Waals surface area contributed by atoms with Crippen LogP contribution < -0.4 is 0 Å². The van der Waals surface area contributed by atoms with Crippen LogP contribution in [0.5, 0.6) is 0 Å². The van der Waals surface area contributed by atoms with Gasteiger partial charge in [0.2, 0.25) is 0 Å². The number of fused-ring (bicyclic) bond motifs is 6. The van der Waals surface area contributed by atoms with Gasteiger partial charge in [0.15, 0.2) is 17.1 Å². The Morgan fingerprint density at radius 2 is 1.12 bits per heavy atom. The first-order chi connectivity index (χ1) is 20.5. The van der Waals surface area contributed by atoms with Gasteiger partial charge < -0.3 is 18.6 Å². The lowest BCUT2D eigenvalue weighted by atomic mass is 9.94. The van der Waals surface area contributed by atoms with E-state index in [1.807, 2.05) is 36.4 Å². The Hall–Kier alpha value is -5.22. The molecule has 0 N–H and O–H groups in total. The first-order valence-electron chi connectivity index (χ1n) is 14.4. The molecule has 4 heterocycles. The largest absolute Gasteiger partial charge is 0.475 e. The zero-order valence-corrected chi connectivity index (χ0v) is 23.8. The number of aryl methyl sites for hydroxylation is 2. The van der Waals surface area contributed by atoms with E-state index in [2.05, 4.69) is 121 Å². The molecule has 42 heavy (non-hydrogen) atoms. The number of hydrogen-bond donors (Lipinski definition) is 0. The van der Waals surface area contributed by atoms with E-state index in [1.165, 1.54) is 21.9 Å². The Labute approximate surface area is 245 Å². The topological polar surface area (TPSA) is 28.3 Å². The molecule has 0 aliphatic carbocycles. The van der Waals surface area contributed by atoms with Gasteiger partial charge in [0.1, 0.15) is 5.76 Å². The lowest BCUT2D eigenvalue weighted by molar-refractivity contribution is 0.0936. The first kappa shape index (κ1) is 24.6. The van der Waals surface area contributed by atoms with Gasteiger partial charge in [0.05, 0.1) is 34.8 Å². The van der Waals surface area contributed by atoms with Crippen molar-refractivity contribution in [3.05, 3.63) is 149 Å². The molecule has 2 aliphatic rings. The average molecular weight is 547 g/mol. The molecule has 4 nitrogen and oxygen atoms in total. The fourth-order valence-corrected chi connectivity index (χ4v) is 6.69. The molecule has 0 radical (unpaired) electrons. The van der Waals surface area contributed by atoms with Crippen LogP contribution in [-0.4, -0.2) is 9.13 Å². The summed E-state index contributed by atoms with van der Waals surface area (Å²) >= 11 is 0. The van der Waals surface area contributed by atoms with Crippen molar-refractivity contribution >= 4 is 51.5 Å². The fourth-order valence-electron chi connectivity index (χ4n) is 6.69. The van der Waals surface area contributed by atoms with Gasteiger partial charge in [-0.3, -0.25) is 0 Å². The van der Waals surface area contributed by atoms with Crippen molar-refractivity contribution in [1.29, 1.82) is 0 Å². The third-order valence-corrected chi connectivity index (χ3v) is 8.59. The van der Waals surface area contributed by atoms with E-state index < -0.39 is 5.60 Å². The summed E-state index contributed by atoms with van der Waals surface area (Å²) < 4.78 is 18.4. The van der Waals surface area contributed by atoms with Gasteiger partial charge >= 0.3 is 0 Å². The van der Waals surface area contributed by atoms with Gasteiger partial charge in [-0.15, -0.1) is 0 Å². The Kier molecular flexibility index (Phi) is 5.35. The molecule has 204 valence electrons. The van der Waals surface area contributed by atoms with Crippen molar-refractivity contribution in [2.75, 3.05) is 0 Å². The van der Waals surface area contributed by atoms with Crippen molar-refractivity contribution in [3.63, 3.8) is 0 Å². The van der Waals surface area contributed by atoms with Crippen LogP contribution in [0.1, 0.15) is 40.6 Å². The Balaban J connectivity index is 1.40. The standard InChI is InChI=1S/C38H30N2O2/c1-25-29-18-10-12-20-31(29)39-23-34(27-14-6-4-7-15-27)41-33(36(25)39)22-38(3)37-26(2)30-19-11-13-21-32(30)40(37)24-35(42-38)28-16-8-5-9-17-28/h4-24H,1-3H3. The van der Waals surface area contributed by atoms with Crippen LogP contribution in [-0.2, 0) is 15.1 Å². The van der Waals surface area contributed by atoms with E-state index in [1.54, 1.807) is 0 Å². The van der Waals surface area contributed by atoms with Crippen LogP contribution in [0.15, 0.2) is 115 Å². The second-order valence-corrected chi connectivity index (χ2v) is 11.3. The van der Waals surface area contributed by atoms with Gasteiger partial charge in [-0.2, -0.15) is 0 Å². The Bertz CT molecular complexity index is 2110. The van der Waals surface area contributed by atoms with Crippen LogP contribution in [0.4, 0.5) is 0 Å². The minimum atomic E-state index is -0.828. The summed E-state index contributed by atoms with van der Waals surface area (Å²) in [6, 6.07) is 37.7. The number of benzene rings is 4. The van der Waals surface area contributed by atoms with Gasteiger partial charge in [0.25, 0.3) is 0 Å². The number of ether oxygens (including phenoxy) is 2. The second kappa shape index (κ2) is 9.15. The number of hydrogen-bond acceptors (Lipinski definition) is 2. The molecule has 4 aromatic carbocycles. The minimum absolute atomic E-state index is 0.776. The molecule has 6 aromatic rings. The smallest absolute Gasteiger partial charge is 0.169 e. The SMILES string of the molecule is Cc1c2n(c3ccccc13)C=C(c1ccccc1)OC2=CC1(C)OC(c2ccccc2)=Cn2c1c(C)c1ccccc12. The maximum absolute atomic E-state index is 7.02. The average Bonchev–Trinajstić information content (AvgIpc) is 3.49. The third kappa shape index (κ3) is 3.61. The van der Waals surface area contributed by atoms with E-state index in [-0.39, 0.29) is 0 Å². The molecule has 0 bridgehead atoms. The Morgan fingerprint density at radius 3 is 1.79 bits per heavy atom. The van der Waals surface area contributed by atoms with Crippen molar-refractivity contribution in [2.24, 2.45) is 0 Å². The molecule has 4 heteroatoms. The van der Waals surface area contributed by atoms with Crippen LogP contribution in [0.3, 0.4) is 0 Å². The summed E-state index contributed by atoms with van der Waals surface area (Å²) in [4.78, 5) is 0. The van der Waals surface area contributed by atoms with E-state index in [0.717, 1.165) is 50.8 Å². The number of para-hydroxylation sites is 2.